The number of aromatic nitrogens is 1. The Bertz CT molecular complexity index is 489. The number of amides is 1. The van der Waals surface area contributed by atoms with Crippen molar-refractivity contribution in [1.82, 2.24) is 14.8 Å². The van der Waals surface area contributed by atoms with Crippen LogP contribution < -0.4 is 5.32 Å². The Morgan fingerprint density at radius 2 is 2.25 bits per heavy atom. The highest BCUT2D eigenvalue weighted by molar-refractivity contribution is 5.99. The zero-order valence-corrected chi connectivity index (χ0v) is 12.8. The maximum Gasteiger partial charge on any atom is 0.257 e. The van der Waals surface area contributed by atoms with Gasteiger partial charge in [-0.25, -0.2) is 0 Å². The number of rotatable bonds is 3. The number of carbonyl (C=O) groups is 1. The third kappa shape index (κ3) is 3.10. The van der Waals surface area contributed by atoms with Crippen LogP contribution in [0.15, 0.2) is 12.3 Å². The molecule has 1 aliphatic rings. The minimum Gasteiger partial charge on any atom is -0.385 e. The lowest BCUT2D eigenvalue weighted by molar-refractivity contribution is 0.0534. The summed E-state index contributed by atoms with van der Waals surface area (Å²) in [5.74, 6) is 0.0778. The molecule has 1 amide bonds. The summed E-state index contributed by atoms with van der Waals surface area (Å²) in [7, 11) is 2.09. The molecular formula is C15H24N4O. The number of aryl methyl sites for hydroxylation is 1. The van der Waals surface area contributed by atoms with Crippen molar-refractivity contribution in [1.29, 1.82) is 0 Å². The van der Waals surface area contributed by atoms with Crippen LogP contribution >= 0.6 is 0 Å². The summed E-state index contributed by atoms with van der Waals surface area (Å²) in [6, 6.07) is 2.18. The monoisotopic (exact) mass is 276 g/mol. The number of pyridine rings is 1. The summed E-state index contributed by atoms with van der Waals surface area (Å²) in [6.07, 6.45) is 1.70. The molecule has 0 spiro atoms. The largest absolute Gasteiger partial charge is 0.385 e. The van der Waals surface area contributed by atoms with Gasteiger partial charge >= 0.3 is 0 Å². The number of piperazine rings is 1. The van der Waals surface area contributed by atoms with Crippen LogP contribution in [-0.2, 0) is 0 Å². The van der Waals surface area contributed by atoms with Crippen LogP contribution in [0.3, 0.4) is 0 Å². The maximum atomic E-state index is 12.8. The Morgan fingerprint density at radius 1 is 1.50 bits per heavy atom. The molecule has 110 valence electrons. The molecule has 1 saturated heterocycles. The number of anilines is 1. The lowest BCUT2D eigenvalue weighted by atomic mass is 10.1. The van der Waals surface area contributed by atoms with Crippen molar-refractivity contribution >= 4 is 11.6 Å². The van der Waals surface area contributed by atoms with Crippen molar-refractivity contribution in [2.24, 2.45) is 0 Å². The van der Waals surface area contributed by atoms with E-state index in [9.17, 15) is 4.79 Å². The Balaban J connectivity index is 2.24. The van der Waals surface area contributed by atoms with Gasteiger partial charge in [0.25, 0.3) is 5.91 Å². The second kappa shape index (κ2) is 6.22. The van der Waals surface area contributed by atoms with E-state index in [2.05, 4.69) is 29.2 Å². The van der Waals surface area contributed by atoms with Crippen LogP contribution in [0, 0.1) is 6.92 Å². The predicted molar refractivity (Wildman–Crippen MR) is 81.1 cm³/mol. The fourth-order valence-corrected chi connectivity index (χ4v) is 2.66. The minimum absolute atomic E-state index is 0.0778. The third-order valence-corrected chi connectivity index (χ3v) is 3.73. The molecule has 0 bridgehead atoms. The highest BCUT2D eigenvalue weighted by atomic mass is 16.2. The molecule has 0 saturated carbocycles. The first kappa shape index (κ1) is 14.8. The molecule has 5 heteroatoms. The number of nitrogens with one attached hydrogen (secondary N) is 1. The van der Waals surface area contributed by atoms with Crippen LogP contribution in [0.5, 0.6) is 0 Å². The van der Waals surface area contributed by atoms with Crippen LogP contribution in [-0.4, -0.2) is 60.0 Å². The molecule has 1 aliphatic heterocycles. The molecule has 0 aromatic carbocycles. The first-order chi connectivity index (χ1) is 9.52. The van der Waals surface area contributed by atoms with E-state index in [4.69, 9.17) is 0 Å². The van der Waals surface area contributed by atoms with Gasteiger partial charge < -0.3 is 15.1 Å². The Kier molecular flexibility index (Phi) is 4.60. The van der Waals surface area contributed by atoms with Crippen molar-refractivity contribution in [3.8, 4) is 0 Å². The van der Waals surface area contributed by atoms with Crippen molar-refractivity contribution < 1.29 is 4.79 Å². The van der Waals surface area contributed by atoms with Crippen LogP contribution in [0.1, 0.15) is 29.9 Å². The van der Waals surface area contributed by atoms with Gasteiger partial charge in [-0.05, 0) is 33.9 Å². The summed E-state index contributed by atoms with van der Waals surface area (Å²) >= 11 is 0. The average molecular weight is 276 g/mol. The molecule has 2 heterocycles. The van der Waals surface area contributed by atoms with Crippen LogP contribution in [0.25, 0.3) is 0 Å². The Labute approximate surface area is 121 Å². The van der Waals surface area contributed by atoms with Gasteiger partial charge in [-0.2, -0.15) is 0 Å². The van der Waals surface area contributed by atoms with E-state index in [-0.39, 0.29) is 11.9 Å². The first-order valence-corrected chi connectivity index (χ1v) is 7.23. The SMILES string of the molecule is CCNc1cc(C)ncc1C(=O)N1CCN(C)CC1C. The van der Waals surface area contributed by atoms with E-state index in [1.165, 1.54) is 0 Å². The quantitative estimate of drug-likeness (QED) is 0.911. The van der Waals surface area contributed by atoms with E-state index < -0.39 is 0 Å². The Hall–Kier alpha value is -1.62. The fraction of sp³-hybridized carbons (Fsp3) is 0.600. The van der Waals surface area contributed by atoms with Gasteiger partial charge in [0.15, 0.2) is 0 Å². The first-order valence-electron chi connectivity index (χ1n) is 7.23. The lowest BCUT2D eigenvalue weighted by Crippen LogP contribution is -2.52. The van der Waals surface area contributed by atoms with E-state index >= 15 is 0 Å². The third-order valence-electron chi connectivity index (χ3n) is 3.73. The predicted octanol–water partition coefficient (Wildman–Crippen LogP) is 1.60. The molecular weight excluding hydrogens is 252 g/mol. The van der Waals surface area contributed by atoms with Gasteiger partial charge in [-0.1, -0.05) is 0 Å². The molecule has 1 N–H and O–H groups in total. The summed E-state index contributed by atoms with van der Waals surface area (Å²) in [4.78, 5) is 21.2. The van der Waals surface area contributed by atoms with Gasteiger partial charge in [-0.3, -0.25) is 9.78 Å². The number of hydrogen-bond donors (Lipinski definition) is 1. The molecule has 2 rings (SSSR count). The number of likely N-dealkylation sites (N-methyl/N-ethyl adjacent to an activating group) is 1. The van der Waals surface area contributed by atoms with E-state index in [0.29, 0.717) is 5.56 Å². The zero-order valence-electron chi connectivity index (χ0n) is 12.8. The average Bonchev–Trinajstić information content (AvgIpc) is 2.38. The highest BCUT2D eigenvalue weighted by Crippen LogP contribution is 2.20. The maximum absolute atomic E-state index is 12.8. The minimum atomic E-state index is 0.0778. The van der Waals surface area contributed by atoms with Gasteiger partial charge in [0.1, 0.15) is 0 Å². The fourth-order valence-electron chi connectivity index (χ4n) is 2.66. The van der Waals surface area contributed by atoms with Gasteiger partial charge in [0, 0.05) is 44.1 Å². The molecule has 20 heavy (non-hydrogen) atoms. The number of nitrogens with zero attached hydrogens (tertiary/aromatic N) is 3. The Morgan fingerprint density at radius 3 is 2.90 bits per heavy atom. The molecule has 0 radical (unpaired) electrons. The molecule has 1 fully saturated rings. The molecule has 1 unspecified atom stereocenters. The standard InChI is InChI=1S/C15H24N4O/c1-5-16-14-8-11(2)17-9-13(14)15(20)19-7-6-18(4)10-12(19)3/h8-9,12H,5-7,10H2,1-4H3,(H,16,17). The van der Waals surface area contributed by atoms with Crippen molar-refractivity contribution in [2.75, 3.05) is 38.5 Å². The molecule has 5 nitrogen and oxygen atoms in total. The van der Waals surface area contributed by atoms with E-state index in [0.717, 1.165) is 37.6 Å². The topological polar surface area (TPSA) is 48.5 Å². The van der Waals surface area contributed by atoms with Gasteiger partial charge in [0.2, 0.25) is 0 Å². The molecule has 1 aromatic rings. The lowest BCUT2D eigenvalue weighted by Gasteiger charge is -2.38. The van der Waals surface area contributed by atoms with E-state index in [1.54, 1.807) is 6.20 Å². The second-order valence-corrected chi connectivity index (χ2v) is 5.51. The highest BCUT2D eigenvalue weighted by Gasteiger charge is 2.28. The summed E-state index contributed by atoms with van der Waals surface area (Å²) in [6.45, 7) is 9.48. The number of carbonyl (C=O) groups excluding carboxylic acids is 1. The molecule has 1 aromatic heterocycles. The summed E-state index contributed by atoms with van der Waals surface area (Å²) < 4.78 is 0. The molecule has 0 aliphatic carbocycles. The van der Waals surface area contributed by atoms with Crippen LogP contribution in [0.4, 0.5) is 5.69 Å². The summed E-state index contributed by atoms with van der Waals surface area (Å²) in [5.41, 5.74) is 2.48. The molecule has 1 atom stereocenters. The smallest absolute Gasteiger partial charge is 0.257 e. The van der Waals surface area contributed by atoms with Crippen molar-refractivity contribution in [3.63, 3.8) is 0 Å². The summed E-state index contributed by atoms with van der Waals surface area (Å²) in [5, 5.41) is 3.26. The normalized spacial score (nSPS) is 20.0. The van der Waals surface area contributed by atoms with Crippen LogP contribution in [0.2, 0.25) is 0 Å². The second-order valence-electron chi connectivity index (χ2n) is 5.51. The van der Waals surface area contributed by atoms with Gasteiger partial charge in [-0.15, -0.1) is 0 Å². The van der Waals surface area contributed by atoms with E-state index in [1.807, 2.05) is 24.8 Å². The van der Waals surface area contributed by atoms with Crippen molar-refractivity contribution in [2.45, 2.75) is 26.8 Å². The van der Waals surface area contributed by atoms with Crippen molar-refractivity contribution in [3.05, 3.63) is 23.5 Å². The van der Waals surface area contributed by atoms with Gasteiger partial charge in [0.05, 0.1) is 11.3 Å². The zero-order chi connectivity index (χ0) is 14.7. The number of hydrogen-bond acceptors (Lipinski definition) is 4.